The third kappa shape index (κ3) is 2.01. The molecule has 20 heavy (non-hydrogen) atoms. The van der Waals surface area contributed by atoms with Crippen molar-refractivity contribution in [1.82, 2.24) is 0 Å². The maximum Gasteiger partial charge on any atom is 0.266 e. The number of carbonyl (C=O) groups excluding carboxylic acids is 2. The zero-order valence-corrected chi connectivity index (χ0v) is 13.7. The summed E-state index contributed by atoms with van der Waals surface area (Å²) < 4.78 is 1.51. The second kappa shape index (κ2) is 4.82. The number of anilines is 1. The Kier molecular flexibility index (Phi) is 3.26. The summed E-state index contributed by atoms with van der Waals surface area (Å²) in [5.41, 5.74) is 2.41. The number of aryl methyl sites for hydroxylation is 1. The van der Waals surface area contributed by atoms with Gasteiger partial charge in [0.2, 0.25) is 0 Å². The van der Waals surface area contributed by atoms with E-state index in [1.807, 2.05) is 19.1 Å². The van der Waals surface area contributed by atoms with E-state index in [4.69, 9.17) is 0 Å². The molecule has 0 unspecified atom stereocenters. The summed E-state index contributed by atoms with van der Waals surface area (Å²) in [7, 11) is 0. The standard InChI is InChI=1S/C15H9Br2NO2/c1-8-2-4-10-11(6-8)15(20)18(14(10)19)13-7-9(16)3-5-12(13)17/h2-7H,1H3. The van der Waals surface area contributed by atoms with Crippen LogP contribution in [0.25, 0.3) is 0 Å². The summed E-state index contributed by atoms with van der Waals surface area (Å²) >= 11 is 6.75. The topological polar surface area (TPSA) is 37.4 Å². The third-order valence-electron chi connectivity index (χ3n) is 3.19. The Morgan fingerprint density at radius 3 is 2.35 bits per heavy atom. The summed E-state index contributed by atoms with van der Waals surface area (Å²) in [4.78, 5) is 26.2. The van der Waals surface area contributed by atoms with Crippen molar-refractivity contribution in [3.8, 4) is 0 Å². The van der Waals surface area contributed by atoms with Gasteiger partial charge < -0.3 is 0 Å². The molecule has 0 spiro atoms. The number of hydrogen-bond donors (Lipinski definition) is 0. The molecule has 5 heteroatoms. The highest BCUT2D eigenvalue weighted by Crippen LogP contribution is 2.35. The van der Waals surface area contributed by atoms with E-state index < -0.39 is 0 Å². The van der Waals surface area contributed by atoms with Crippen LogP contribution in [0.15, 0.2) is 45.3 Å². The Labute approximate surface area is 132 Å². The molecule has 2 aromatic rings. The maximum atomic E-state index is 12.5. The second-order valence-corrected chi connectivity index (χ2v) is 6.36. The molecule has 0 saturated carbocycles. The van der Waals surface area contributed by atoms with Crippen LogP contribution in [0.2, 0.25) is 0 Å². The molecule has 0 aliphatic carbocycles. The third-order valence-corrected chi connectivity index (χ3v) is 4.35. The van der Waals surface area contributed by atoms with Crippen LogP contribution in [0.5, 0.6) is 0 Å². The first kappa shape index (κ1) is 13.5. The predicted molar refractivity (Wildman–Crippen MR) is 84.2 cm³/mol. The number of amides is 2. The van der Waals surface area contributed by atoms with Crippen molar-refractivity contribution in [3.63, 3.8) is 0 Å². The summed E-state index contributed by atoms with van der Waals surface area (Å²) in [6.45, 7) is 1.90. The Balaban J connectivity index is 2.16. The Morgan fingerprint density at radius 2 is 1.60 bits per heavy atom. The minimum atomic E-state index is -0.288. The van der Waals surface area contributed by atoms with E-state index in [9.17, 15) is 9.59 Å². The Hall–Kier alpha value is -1.46. The van der Waals surface area contributed by atoms with E-state index in [1.54, 1.807) is 24.3 Å². The van der Waals surface area contributed by atoms with Gasteiger partial charge in [-0.1, -0.05) is 27.6 Å². The molecule has 0 radical (unpaired) electrons. The predicted octanol–water partition coefficient (Wildman–Crippen LogP) is 4.32. The number of fused-ring (bicyclic) bond motifs is 1. The molecular formula is C15H9Br2NO2. The molecular weight excluding hydrogens is 386 g/mol. The van der Waals surface area contributed by atoms with Gasteiger partial charge in [0.15, 0.2) is 0 Å². The lowest BCUT2D eigenvalue weighted by Gasteiger charge is -2.16. The average molecular weight is 395 g/mol. The minimum absolute atomic E-state index is 0.285. The van der Waals surface area contributed by atoms with Gasteiger partial charge in [-0.3, -0.25) is 9.59 Å². The van der Waals surface area contributed by atoms with E-state index in [0.29, 0.717) is 21.3 Å². The van der Waals surface area contributed by atoms with Crippen molar-refractivity contribution in [3.05, 3.63) is 62.0 Å². The lowest BCUT2D eigenvalue weighted by molar-refractivity contribution is 0.0926. The first-order chi connectivity index (χ1) is 9.49. The average Bonchev–Trinajstić information content (AvgIpc) is 2.65. The van der Waals surface area contributed by atoms with E-state index in [-0.39, 0.29) is 11.8 Å². The number of carbonyl (C=O) groups is 2. The lowest BCUT2D eigenvalue weighted by Crippen LogP contribution is -2.29. The van der Waals surface area contributed by atoms with Crippen LogP contribution < -0.4 is 4.90 Å². The molecule has 0 bridgehead atoms. The number of hydrogen-bond acceptors (Lipinski definition) is 2. The molecule has 0 aromatic heterocycles. The molecule has 1 aliphatic rings. The van der Waals surface area contributed by atoms with Crippen LogP contribution in [-0.2, 0) is 0 Å². The van der Waals surface area contributed by atoms with Crippen molar-refractivity contribution in [2.24, 2.45) is 0 Å². The molecule has 1 aliphatic heterocycles. The van der Waals surface area contributed by atoms with Gasteiger partial charge in [-0.2, -0.15) is 0 Å². The van der Waals surface area contributed by atoms with Crippen LogP contribution in [0.3, 0.4) is 0 Å². The zero-order valence-electron chi connectivity index (χ0n) is 10.5. The smallest absolute Gasteiger partial charge is 0.266 e. The fourth-order valence-corrected chi connectivity index (χ4v) is 3.00. The Morgan fingerprint density at radius 1 is 0.900 bits per heavy atom. The first-order valence-electron chi connectivity index (χ1n) is 5.93. The number of rotatable bonds is 1. The fraction of sp³-hybridized carbons (Fsp3) is 0.0667. The van der Waals surface area contributed by atoms with Crippen LogP contribution in [-0.4, -0.2) is 11.8 Å². The first-order valence-corrected chi connectivity index (χ1v) is 7.52. The molecule has 0 saturated heterocycles. The second-order valence-electron chi connectivity index (χ2n) is 4.59. The monoisotopic (exact) mass is 393 g/mol. The fourth-order valence-electron chi connectivity index (χ4n) is 2.23. The van der Waals surface area contributed by atoms with Crippen molar-refractivity contribution in [1.29, 1.82) is 0 Å². The molecule has 2 aromatic carbocycles. The van der Waals surface area contributed by atoms with Crippen LogP contribution in [0.4, 0.5) is 5.69 Å². The van der Waals surface area contributed by atoms with Gasteiger partial charge in [0.05, 0.1) is 16.8 Å². The molecule has 0 atom stereocenters. The zero-order chi connectivity index (χ0) is 14.4. The number of imide groups is 1. The van der Waals surface area contributed by atoms with Gasteiger partial charge in [-0.05, 0) is 53.2 Å². The van der Waals surface area contributed by atoms with Crippen LogP contribution in [0, 0.1) is 6.92 Å². The van der Waals surface area contributed by atoms with E-state index in [1.165, 1.54) is 4.90 Å². The quantitative estimate of drug-likeness (QED) is 0.675. The minimum Gasteiger partial charge on any atom is -0.268 e. The number of benzene rings is 2. The van der Waals surface area contributed by atoms with Crippen molar-refractivity contribution in [2.45, 2.75) is 6.92 Å². The van der Waals surface area contributed by atoms with Gasteiger partial charge in [0, 0.05) is 8.95 Å². The van der Waals surface area contributed by atoms with E-state index in [2.05, 4.69) is 31.9 Å². The Bertz CT molecular complexity index is 756. The van der Waals surface area contributed by atoms with Gasteiger partial charge in [-0.25, -0.2) is 4.90 Å². The lowest BCUT2D eigenvalue weighted by atomic mass is 10.1. The van der Waals surface area contributed by atoms with Crippen LogP contribution >= 0.6 is 31.9 Å². The highest BCUT2D eigenvalue weighted by molar-refractivity contribution is 9.11. The number of nitrogens with zero attached hydrogens (tertiary/aromatic N) is 1. The molecule has 3 rings (SSSR count). The molecule has 3 nitrogen and oxygen atoms in total. The summed E-state index contributed by atoms with van der Waals surface area (Å²) in [6, 6.07) is 10.7. The van der Waals surface area contributed by atoms with E-state index in [0.717, 1.165) is 10.0 Å². The van der Waals surface area contributed by atoms with Gasteiger partial charge in [0.1, 0.15) is 0 Å². The molecule has 1 heterocycles. The van der Waals surface area contributed by atoms with Crippen molar-refractivity contribution >= 4 is 49.4 Å². The van der Waals surface area contributed by atoms with Gasteiger partial charge >= 0.3 is 0 Å². The van der Waals surface area contributed by atoms with Gasteiger partial charge in [0.25, 0.3) is 11.8 Å². The van der Waals surface area contributed by atoms with Crippen LogP contribution in [0.1, 0.15) is 26.3 Å². The summed E-state index contributed by atoms with van der Waals surface area (Å²) in [5, 5.41) is 0. The van der Waals surface area contributed by atoms with Gasteiger partial charge in [-0.15, -0.1) is 0 Å². The number of halogens is 2. The SMILES string of the molecule is Cc1ccc2c(c1)C(=O)N(c1cc(Br)ccc1Br)C2=O. The molecule has 2 amide bonds. The summed E-state index contributed by atoms with van der Waals surface area (Å²) in [6.07, 6.45) is 0. The maximum absolute atomic E-state index is 12.5. The molecule has 0 fully saturated rings. The van der Waals surface area contributed by atoms with Crippen molar-refractivity contribution in [2.75, 3.05) is 4.90 Å². The highest BCUT2D eigenvalue weighted by atomic mass is 79.9. The summed E-state index contributed by atoms with van der Waals surface area (Å²) in [5.74, 6) is -0.573. The van der Waals surface area contributed by atoms with Crippen molar-refractivity contribution < 1.29 is 9.59 Å². The highest BCUT2D eigenvalue weighted by Gasteiger charge is 2.37. The van der Waals surface area contributed by atoms with E-state index >= 15 is 0 Å². The normalized spacial score (nSPS) is 13.8. The molecule has 100 valence electrons. The molecule has 0 N–H and O–H groups in total. The largest absolute Gasteiger partial charge is 0.268 e.